The maximum atomic E-state index is 10.6. The molecule has 0 aromatic rings. The Morgan fingerprint density at radius 3 is 2.74 bits per heavy atom. The highest BCUT2D eigenvalue weighted by Crippen LogP contribution is 2.47. The number of thioether (sulfide) groups is 1. The summed E-state index contributed by atoms with van der Waals surface area (Å²) in [5, 5.41) is 8.70. The molecule has 0 heterocycles. The van der Waals surface area contributed by atoms with Crippen molar-refractivity contribution in [2.75, 3.05) is 12.3 Å². The normalized spacial score (nSPS) is 28.6. The molecule has 0 aromatic heterocycles. The van der Waals surface area contributed by atoms with E-state index in [1.807, 2.05) is 0 Å². The van der Waals surface area contributed by atoms with Gasteiger partial charge in [-0.25, -0.2) is 0 Å². The van der Waals surface area contributed by atoms with Gasteiger partial charge in [-0.2, -0.15) is 0 Å². The second-order valence-corrected chi connectivity index (χ2v) is 7.42. The lowest BCUT2D eigenvalue weighted by molar-refractivity contribution is -0.136. The fourth-order valence-electron chi connectivity index (χ4n) is 3.53. The van der Waals surface area contributed by atoms with Gasteiger partial charge in [0.05, 0.1) is 6.42 Å². The maximum absolute atomic E-state index is 10.6. The van der Waals surface area contributed by atoms with Gasteiger partial charge >= 0.3 is 5.97 Å². The molecule has 0 radical (unpaired) electrons. The smallest absolute Gasteiger partial charge is 0.304 e. The lowest BCUT2D eigenvalue weighted by Gasteiger charge is -2.36. The van der Waals surface area contributed by atoms with Crippen LogP contribution >= 0.6 is 24.0 Å². The largest absolute Gasteiger partial charge is 0.481 e. The number of carboxylic acid groups (broad SMARTS) is 1. The Hall–Kier alpha value is -0.290. The number of aliphatic carboxylic acids is 1. The topological polar surface area (TPSA) is 40.5 Å². The minimum atomic E-state index is -0.739. The van der Waals surface area contributed by atoms with E-state index in [1.165, 1.54) is 25.7 Å². The van der Waals surface area contributed by atoms with Crippen molar-refractivity contribution < 1.29 is 9.90 Å². The van der Waals surface area contributed by atoms with Crippen molar-refractivity contribution in [3.05, 3.63) is 0 Å². The lowest BCUT2D eigenvalue weighted by Crippen LogP contribution is -2.41. The van der Waals surface area contributed by atoms with Gasteiger partial charge in [-0.15, -0.1) is 0 Å². The first-order chi connectivity index (χ1) is 9.11. The van der Waals surface area contributed by atoms with Crippen LogP contribution in [0.25, 0.3) is 0 Å². The first-order valence-electron chi connectivity index (χ1n) is 7.27. The van der Waals surface area contributed by atoms with Crippen LogP contribution in [0.1, 0.15) is 45.4 Å². The molecule has 5 heteroatoms. The lowest BCUT2D eigenvalue weighted by atomic mass is 9.94. The second-order valence-electron chi connectivity index (χ2n) is 5.69. The third-order valence-corrected chi connectivity index (χ3v) is 5.82. The van der Waals surface area contributed by atoms with Crippen LogP contribution < -0.4 is 0 Å². The van der Waals surface area contributed by atoms with E-state index in [2.05, 4.69) is 11.8 Å². The SMILES string of the molecule is CCCN(C(=S)SCCC(=O)O)C1CC2CCC1C2. The number of carbonyl (C=O) groups is 1. The van der Waals surface area contributed by atoms with Gasteiger partial charge in [0.25, 0.3) is 0 Å². The Labute approximate surface area is 125 Å². The molecule has 2 rings (SSSR count). The van der Waals surface area contributed by atoms with Crippen LogP contribution in [0.15, 0.2) is 0 Å². The number of rotatable bonds is 6. The molecule has 0 amide bonds. The minimum absolute atomic E-state index is 0.196. The van der Waals surface area contributed by atoms with Crippen LogP contribution in [0.2, 0.25) is 0 Å². The number of thiocarbonyl (C=S) groups is 1. The number of fused-ring (bicyclic) bond motifs is 2. The highest BCUT2D eigenvalue weighted by Gasteiger charge is 2.42. The summed E-state index contributed by atoms with van der Waals surface area (Å²) in [4.78, 5) is 13.0. The number of nitrogens with zero attached hydrogens (tertiary/aromatic N) is 1. The van der Waals surface area contributed by atoms with Gasteiger partial charge in [0.15, 0.2) is 0 Å². The second kappa shape index (κ2) is 6.93. The molecule has 2 aliphatic carbocycles. The summed E-state index contributed by atoms with van der Waals surface area (Å²) in [6, 6.07) is 0.628. The molecule has 0 aromatic carbocycles. The quantitative estimate of drug-likeness (QED) is 0.762. The van der Waals surface area contributed by atoms with Crippen molar-refractivity contribution in [2.24, 2.45) is 11.8 Å². The molecule has 108 valence electrons. The van der Waals surface area contributed by atoms with E-state index in [1.54, 1.807) is 11.8 Å². The molecule has 2 saturated carbocycles. The summed E-state index contributed by atoms with van der Waals surface area (Å²) in [5.74, 6) is 1.60. The van der Waals surface area contributed by atoms with E-state index >= 15 is 0 Å². The zero-order chi connectivity index (χ0) is 13.8. The highest BCUT2D eigenvalue weighted by molar-refractivity contribution is 8.22. The summed E-state index contributed by atoms with van der Waals surface area (Å²) < 4.78 is 0.917. The van der Waals surface area contributed by atoms with E-state index in [9.17, 15) is 4.79 Å². The van der Waals surface area contributed by atoms with Crippen molar-refractivity contribution in [1.82, 2.24) is 4.90 Å². The summed E-state index contributed by atoms with van der Waals surface area (Å²) in [6.07, 6.45) is 6.74. The van der Waals surface area contributed by atoms with Gasteiger partial charge in [-0.05, 0) is 37.5 Å². The molecule has 3 nitrogen and oxygen atoms in total. The van der Waals surface area contributed by atoms with Crippen LogP contribution in [-0.2, 0) is 4.79 Å². The Kier molecular flexibility index (Phi) is 5.51. The Balaban J connectivity index is 1.88. The molecule has 3 unspecified atom stereocenters. The Morgan fingerprint density at radius 1 is 1.42 bits per heavy atom. The van der Waals surface area contributed by atoms with Crippen LogP contribution in [-0.4, -0.2) is 38.6 Å². The van der Waals surface area contributed by atoms with E-state index in [0.29, 0.717) is 11.8 Å². The van der Waals surface area contributed by atoms with E-state index < -0.39 is 5.97 Å². The minimum Gasteiger partial charge on any atom is -0.481 e. The van der Waals surface area contributed by atoms with E-state index in [4.69, 9.17) is 17.3 Å². The molecule has 3 atom stereocenters. The predicted octanol–water partition coefficient (Wildman–Crippen LogP) is 3.38. The molecule has 0 aliphatic heterocycles. The van der Waals surface area contributed by atoms with Gasteiger partial charge < -0.3 is 10.0 Å². The Morgan fingerprint density at radius 2 is 2.21 bits per heavy atom. The molecule has 1 N–H and O–H groups in total. The molecule has 0 saturated heterocycles. The summed E-state index contributed by atoms with van der Waals surface area (Å²) in [5.41, 5.74) is 0. The molecular weight excluding hydrogens is 278 g/mol. The highest BCUT2D eigenvalue weighted by atomic mass is 32.2. The summed E-state index contributed by atoms with van der Waals surface area (Å²) >= 11 is 7.08. The van der Waals surface area contributed by atoms with Gasteiger partial charge in [-0.1, -0.05) is 37.3 Å². The maximum Gasteiger partial charge on any atom is 0.304 e. The van der Waals surface area contributed by atoms with Crippen molar-refractivity contribution in [2.45, 2.75) is 51.5 Å². The zero-order valence-electron chi connectivity index (χ0n) is 11.5. The van der Waals surface area contributed by atoms with Gasteiger partial charge in [0.1, 0.15) is 4.32 Å². The van der Waals surface area contributed by atoms with E-state index in [0.717, 1.165) is 29.1 Å². The fraction of sp³-hybridized carbons (Fsp3) is 0.857. The molecular formula is C14H23NO2S2. The summed E-state index contributed by atoms with van der Waals surface area (Å²) in [7, 11) is 0. The standard InChI is InChI=1S/C14H23NO2S2/c1-2-6-15(14(18)19-7-5-13(16)17)12-9-10-3-4-11(12)8-10/h10-12H,2-9H2,1H3,(H,16,17). The Bertz CT molecular complexity index is 348. The first-order valence-corrected chi connectivity index (χ1v) is 8.66. The van der Waals surface area contributed by atoms with Crippen molar-refractivity contribution in [1.29, 1.82) is 0 Å². The molecule has 0 spiro atoms. The molecule has 2 fully saturated rings. The van der Waals surface area contributed by atoms with Crippen LogP contribution in [0.4, 0.5) is 0 Å². The molecule has 2 aliphatic rings. The number of hydrogen-bond acceptors (Lipinski definition) is 3. The van der Waals surface area contributed by atoms with E-state index in [-0.39, 0.29) is 6.42 Å². The third kappa shape index (κ3) is 3.85. The van der Waals surface area contributed by atoms with Gasteiger partial charge in [-0.3, -0.25) is 4.79 Å². The van der Waals surface area contributed by atoms with Crippen molar-refractivity contribution in [3.63, 3.8) is 0 Å². The van der Waals surface area contributed by atoms with Crippen molar-refractivity contribution in [3.8, 4) is 0 Å². The monoisotopic (exact) mass is 301 g/mol. The summed E-state index contributed by atoms with van der Waals surface area (Å²) in [6.45, 7) is 3.21. The molecule has 19 heavy (non-hydrogen) atoms. The van der Waals surface area contributed by atoms with Crippen LogP contribution in [0.5, 0.6) is 0 Å². The van der Waals surface area contributed by atoms with Crippen LogP contribution in [0, 0.1) is 11.8 Å². The molecule has 2 bridgehead atoms. The number of carboxylic acids is 1. The number of hydrogen-bond donors (Lipinski definition) is 1. The fourth-order valence-corrected chi connectivity index (χ4v) is 4.86. The van der Waals surface area contributed by atoms with Crippen molar-refractivity contribution >= 4 is 34.3 Å². The van der Waals surface area contributed by atoms with Crippen LogP contribution in [0.3, 0.4) is 0 Å². The van der Waals surface area contributed by atoms with Gasteiger partial charge in [0.2, 0.25) is 0 Å². The third-order valence-electron chi connectivity index (χ3n) is 4.34. The zero-order valence-corrected chi connectivity index (χ0v) is 13.1. The van der Waals surface area contributed by atoms with Gasteiger partial charge in [0, 0.05) is 18.3 Å². The average Bonchev–Trinajstić information content (AvgIpc) is 2.97. The average molecular weight is 301 g/mol. The predicted molar refractivity (Wildman–Crippen MR) is 83.5 cm³/mol. The first kappa shape index (κ1) is 15.1.